The third-order valence-electron chi connectivity index (χ3n) is 1.38. The number of alkyl halides is 2. The normalized spacial score (nSPS) is 10.7. The number of halogens is 5. The molecule has 0 aliphatic rings. The molecule has 0 aliphatic carbocycles. The minimum atomic E-state index is -2.77. The Balaban J connectivity index is 3.39. The maximum Gasteiger partial charge on any atom is 0.271 e. The first-order valence-corrected chi connectivity index (χ1v) is 5.52. The standard InChI is InChI=1S/C7H2BrClF2INO/c8-3-1-2(6(10)11)4(5(9)14)13-7(3)12/h1,6H. The van der Waals surface area contributed by atoms with Crippen LogP contribution >= 0.6 is 50.1 Å². The lowest BCUT2D eigenvalue weighted by Crippen LogP contribution is -2.04. The Kier molecular flexibility index (Phi) is 4.20. The molecule has 0 saturated heterocycles. The van der Waals surface area contributed by atoms with E-state index in [9.17, 15) is 13.6 Å². The zero-order valence-electron chi connectivity index (χ0n) is 6.40. The first kappa shape index (κ1) is 12.3. The fourth-order valence-corrected chi connectivity index (χ4v) is 1.69. The van der Waals surface area contributed by atoms with Crippen LogP contribution in [0.1, 0.15) is 22.5 Å². The van der Waals surface area contributed by atoms with Gasteiger partial charge in [0.2, 0.25) is 0 Å². The Morgan fingerprint density at radius 3 is 2.64 bits per heavy atom. The van der Waals surface area contributed by atoms with Crippen molar-refractivity contribution in [2.45, 2.75) is 6.43 Å². The van der Waals surface area contributed by atoms with Crippen LogP contribution in [0.3, 0.4) is 0 Å². The summed E-state index contributed by atoms with van der Waals surface area (Å²) in [5.74, 6) is 0. The number of hydrogen-bond donors (Lipinski definition) is 0. The topological polar surface area (TPSA) is 30.0 Å². The molecular weight excluding hydrogens is 394 g/mol. The van der Waals surface area contributed by atoms with Crippen LogP contribution in [-0.4, -0.2) is 10.2 Å². The molecular formula is C7H2BrClF2INO. The third-order valence-corrected chi connectivity index (χ3v) is 3.73. The fraction of sp³-hybridized carbons (Fsp3) is 0.143. The minimum Gasteiger partial charge on any atom is -0.274 e. The van der Waals surface area contributed by atoms with E-state index in [1.807, 2.05) is 22.6 Å². The van der Waals surface area contributed by atoms with Gasteiger partial charge in [-0.3, -0.25) is 4.79 Å². The molecule has 1 aromatic rings. The first-order chi connectivity index (χ1) is 6.43. The molecule has 0 unspecified atom stereocenters. The lowest BCUT2D eigenvalue weighted by molar-refractivity contribution is 0.106. The monoisotopic (exact) mass is 395 g/mol. The van der Waals surface area contributed by atoms with Gasteiger partial charge < -0.3 is 0 Å². The van der Waals surface area contributed by atoms with E-state index in [0.29, 0.717) is 8.17 Å². The van der Waals surface area contributed by atoms with Gasteiger partial charge in [0.05, 0.1) is 0 Å². The highest BCUT2D eigenvalue weighted by Crippen LogP contribution is 2.28. The molecule has 1 heterocycles. The van der Waals surface area contributed by atoms with E-state index >= 15 is 0 Å². The van der Waals surface area contributed by atoms with Crippen LogP contribution in [0, 0.1) is 3.70 Å². The van der Waals surface area contributed by atoms with Crippen molar-refractivity contribution < 1.29 is 13.6 Å². The fourth-order valence-electron chi connectivity index (χ4n) is 0.804. The average Bonchev–Trinajstić information content (AvgIpc) is 2.08. The lowest BCUT2D eigenvalue weighted by atomic mass is 10.2. The molecule has 2 nitrogen and oxygen atoms in total. The zero-order chi connectivity index (χ0) is 10.9. The maximum absolute atomic E-state index is 12.4. The van der Waals surface area contributed by atoms with E-state index in [4.69, 9.17) is 11.6 Å². The summed E-state index contributed by atoms with van der Waals surface area (Å²) in [6.45, 7) is 0. The molecule has 0 amide bonds. The van der Waals surface area contributed by atoms with Crippen LogP contribution in [0.25, 0.3) is 0 Å². The van der Waals surface area contributed by atoms with Crippen LogP contribution in [0.5, 0.6) is 0 Å². The van der Waals surface area contributed by atoms with Crippen LogP contribution < -0.4 is 0 Å². The summed E-state index contributed by atoms with van der Waals surface area (Å²) in [5, 5.41) is -0.981. The Morgan fingerprint density at radius 1 is 1.64 bits per heavy atom. The summed E-state index contributed by atoms with van der Waals surface area (Å²) in [6, 6.07) is 1.15. The highest BCUT2D eigenvalue weighted by Gasteiger charge is 2.20. The van der Waals surface area contributed by atoms with Gasteiger partial charge in [0.25, 0.3) is 11.7 Å². The smallest absolute Gasteiger partial charge is 0.271 e. The number of carbonyl (C=O) groups is 1. The molecule has 1 rings (SSSR count). The average molecular weight is 396 g/mol. The summed E-state index contributed by atoms with van der Waals surface area (Å²) >= 11 is 9.97. The molecule has 1 aromatic heterocycles. The van der Waals surface area contributed by atoms with Crippen molar-refractivity contribution >= 4 is 55.4 Å². The highest BCUT2D eigenvalue weighted by molar-refractivity contribution is 14.1. The van der Waals surface area contributed by atoms with Gasteiger partial charge in [-0.1, -0.05) is 0 Å². The highest BCUT2D eigenvalue weighted by atomic mass is 127. The lowest BCUT2D eigenvalue weighted by Gasteiger charge is -2.05. The van der Waals surface area contributed by atoms with Crippen molar-refractivity contribution in [1.82, 2.24) is 4.98 Å². The van der Waals surface area contributed by atoms with Crippen molar-refractivity contribution in [3.8, 4) is 0 Å². The number of carbonyl (C=O) groups excluding carboxylic acids is 1. The number of aromatic nitrogens is 1. The molecule has 14 heavy (non-hydrogen) atoms. The van der Waals surface area contributed by atoms with E-state index < -0.39 is 22.9 Å². The van der Waals surface area contributed by atoms with Crippen molar-refractivity contribution in [3.63, 3.8) is 0 Å². The van der Waals surface area contributed by atoms with E-state index in [1.165, 1.54) is 0 Å². The summed E-state index contributed by atoms with van der Waals surface area (Å²) in [5.41, 5.74) is -0.855. The molecule has 0 aliphatic heterocycles. The van der Waals surface area contributed by atoms with Crippen LogP contribution in [-0.2, 0) is 0 Å². The second kappa shape index (κ2) is 4.80. The van der Waals surface area contributed by atoms with Crippen molar-refractivity contribution in [2.75, 3.05) is 0 Å². The largest absolute Gasteiger partial charge is 0.274 e. The van der Waals surface area contributed by atoms with Gasteiger partial charge in [-0.05, 0) is 56.2 Å². The number of nitrogens with zero attached hydrogens (tertiary/aromatic N) is 1. The molecule has 0 N–H and O–H groups in total. The van der Waals surface area contributed by atoms with Crippen molar-refractivity contribution in [1.29, 1.82) is 0 Å². The Labute approximate surface area is 105 Å². The van der Waals surface area contributed by atoms with E-state index in [1.54, 1.807) is 0 Å². The first-order valence-electron chi connectivity index (χ1n) is 3.27. The van der Waals surface area contributed by atoms with Crippen LogP contribution in [0.2, 0.25) is 0 Å². The summed E-state index contributed by atoms with van der Waals surface area (Å²) in [6.07, 6.45) is -2.77. The molecule has 7 heteroatoms. The van der Waals surface area contributed by atoms with E-state index in [-0.39, 0.29) is 0 Å². The van der Waals surface area contributed by atoms with Gasteiger partial charge in [0, 0.05) is 10.0 Å². The quantitative estimate of drug-likeness (QED) is 0.433. The second-order valence-corrected chi connectivity index (χ2v) is 4.49. The van der Waals surface area contributed by atoms with Crippen molar-refractivity contribution in [3.05, 3.63) is 25.5 Å². The molecule has 0 bridgehead atoms. The van der Waals surface area contributed by atoms with Gasteiger partial charge in [-0.2, -0.15) is 0 Å². The Morgan fingerprint density at radius 2 is 2.21 bits per heavy atom. The predicted octanol–water partition coefficient (Wildman–Crippen LogP) is 3.77. The zero-order valence-corrected chi connectivity index (χ0v) is 10.9. The summed E-state index contributed by atoms with van der Waals surface area (Å²) < 4.78 is 25.7. The molecule has 0 saturated carbocycles. The van der Waals surface area contributed by atoms with Gasteiger partial charge >= 0.3 is 0 Å². The number of hydrogen-bond acceptors (Lipinski definition) is 2. The van der Waals surface area contributed by atoms with Gasteiger partial charge in [-0.25, -0.2) is 13.8 Å². The van der Waals surface area contributed by atoms with Crippen LogP contribution in [0.15, 0.2) is 10.5 Å². The summed E-state index contributed by atoms with van der Waals surface area (Å²) in [4.78, 5) is 14.5. The molecule has 0 atom stereocenters. The Hall–Kier alpha value is 0.180. The molecule has 76 valence electrons. The van der Waals surface area contributed by atoms with E-state index in [0.717, 1.165) is 6.07 Å². The SMILES string of the molecule is O=C(Cl)c1nc(I)c(Br)cc1C(F)F. The van der Waals surface area contributed by atoms with Gasteiger partial charge in [-0.15, -0.1) is 0 Å². The summed E-state index contributed by atoms with van der Waals surface area (Å²) in [7, 11) is 0. The second-order valence-electron chi connectivity index (χ2n) is 2.27. The minimum absolute atomic E-state index is 0.394. The number of pyridine rings is 1. The maximum atomic E-state index is 12.4. The van der Waals surface area contributed by atoms with Crippen LogP contribution in [0.4, 0.5) is 8.78 Å². The molecule has 0 radical (unpaired) electrons. The predicted molar refractivity (Wildman–Crippen MR) is 59.8 cm³/mol. The van der Waals surface area contributed by atoms with E-state index in [2.05, 4.69) is 20.9 Å². The third kappa shape index (κ3) is 2.60. The molecule has 0 fully saturated rings. The molecule has 0 spiro atoms. The van der Waals surface area contributed by atoms with Gasteiger partial charge in [0.1, 0.15) is 9.39 Å². The van der Waals surface area contributed by atoms with Crippen molar-refractivity contribution in [2.24, 2.45) is 0 Å². The number of rotatable bonds is 2. The van der Waals surface area contributed by atoms with Gasteiger partial charge in [0.15, 0.2) is 0 Å². The molecule has 0 aromatic carbocycles. The Bertz CT molecular complexity index is 388.